The summed E-state index contributed by atoms with van der Waals surface area (Å²) in [6, 6.07) is 0. The lowest BCUT2D eigenvalue weighted by atomic mass is 10.2. The Labute approximate surface area is 92.0 Å². The zero-order valence-corrected chi connectivity index (χ0v) is 9.98. The number of alkyl halides is 1. The maximum absolute atomic E-state index is 11.2. The van der Waals surface area contributed by atoms with Crippen LogP contribution < -0.4 is 0 Å². The molecule has 2 nitrogen and oxygen atoms in total. The van der Waals surface area contributed by atoms with Gasteiger partial charge in [0, 0.05) is 0 Å². The zero-order valence-electron chi connectivity index (χ0n) is 9.22. The van der Waals surface area contributed by atoms with Gasteiger partial charge in [0.05, 0.1) is 6.61 Å². The van der Waals surface area contributed by atoms with Gasteiger partial charge in [0.15, 0.2) is 0 Å². The molecule has 0 heterocycles. The van der Waals surface area contributed by atoms with Gasteiger partial charge < -0.3 is 4.74 Å². The van der Waals surface area contributed by atoms with Gasteiger partial charge in [-0.05, 0) is 12.8 Å². The predicted octanol–water partition coefficient (Wildman–Crippen LogP) is 3.52. The van der Waals surface area contributed by atoms with E-state index in [1.165, 1.54) is 12.8 Å². The van der Waals surface area contributed by atoms with Crippen molar-refractivity contribution in [2.24, 2.45) is 0 Å². The Morgan fingerprint density at radius 1 is 1.21 bits per heavy atom. The second-order valence-electron chi connectivity index (χ2n) is 3.48. The summed E-state index contributed by atoms with van der Waals surface area (Å²) in [6.45, 7) is 4.68. The maximum Gasteiger partial charge on any atom is 0.324 e. The fraction of sp³-hybridized carbons (Fsp3) is 0.909. The van der Waals surface area contributed by atoms with Crippen molar-refractivity contribution in [3.05, 3.63) is 0 Å². The van der Waals surface area contributed by atoms with Crippen LogP contribution in [0.1, 0.15) is 52.4 Å². The molecule has 0 aliphatic heterocycles. The number of halogens is 1. The highest BCUT2D eigenvalue weighted by Crippen LogP contribution is 2.08. The number of carbonyl (C=O) groups excluding carboxylic acids is 1. The first-order valence-corrected chi connectivity index (χ1v) is 5.96. The third-order valence-electron chi connectivity index (χ3n) is 2.04. The van der Waals surface area contributed by atoms with E-state index >= 15 is 0 Å². The molecule has 1 unspecified atom stereocenters. The largest absolute Gasteiger partial charge is 0.465 e. The molecular formula is C11H21ClO2. The molecule has 14 heavy (non-hydrogen) atoms. The molecule has 84 valence electrons. The molecule has 0 fully saturated rings. The first-order valence-electron chi connectivity index (χ1n) is 5.53. The summed E-state index contributed by atoms with van der Waals surface area (Å²) in [6.07, 6.45) is 6.10. The van der Waals surface area contributed by atoms with Crippen molar-refractivity contribution in [1.82, 2.24) is 0 Å². The molecule has 0 aromatic rings. The van der Waals surface area contributed by atoms with Crippen LogP contribution in [0.4, 0.5) is 0 Å². The lowest BCUT2D eigenvalue weighted by Gasteiger charge is -2.08. The van der Waals surface area contributed by atoms with E-state index in [2.05, 4.69) is 6.92 Å². The molecule has 0 saturated heterocycles. The number of rotatable bonds is 8. The van der Waals surface area contributed by atoms with Crippen LogP contribution in [0, 0.1) is 0 Å². The van der Waals surface area contributed by atoms with Crippen LogP contribution in [0.3, 0.4) is 0 Å². The SMILES string of the molecule is CCCCCCOC(=O)C(Cl)CCC. The predicted molar refractivity (Wildman–Crippen MR) is 59.7 cm³/mol. The summed E-state index contributed by atoms with van der Waals surface area (Å²) < 4.78 is 5.03. The Morgan fingerprint density at radius 3 is 2.50 bits per heavy atom. The Balaban J connectivity index is 3.34. The molecule has 0 aromatic carbocycles. The summed E-state index contributed by atoms with van der Waals surface area (Å²) >= 11 is 5.80. The quantitative estimate of drug-likeness (QED) is 0.356. The van der Waals surface area contributed by atoms with E-state index in [0.29, 0.717) is 13.0 Å². The highest BCUT2D eigenvalue weighted by Gasteiger charge is 2.14. The first kappa shape index (κ1) is 13.8. The number of hydrogen-bond donors (Lipinski definition) is 0. The molecule has 0 aliphatic carbocycles. The second kappa shape index (κ2) is 9.32. The molecule has 3 heteroatoms. The van der Waals surface area contributed by atoms with Crippen LogP contribution in [0.25, 0.3) is 0 Å². The maximum atomic E-state index is 11.2. The van der Waals surface area contributed by atoms with Gasteiger partial charge in [-0.25, -0.2) is 0 Å². The smallest absolute Gasteiger partial charge is 0.324 e. The molecule has 0 N–H and O–H groups in total. The summed E-state index contributed by atoms with van der Waals surface area (Å²) in [5.74, 6) is -0.259. The summed E-state index contributed by atoms with van der Waals surface area (Å²) in [5.41, 5.74) is 0. The van der Waals surface area contributed by atoms with Crippen molar-refractivity contribution < 1.29 is 9.53 Å². The van der Waals surface area contributed by atoms with Gasteiger partial charge >= 0.3 is 5.97 Å². The topological polar surface area (TPSA) is 26.3 Å². The third-order valence-corrected chi connectivity index (χ3v) is 2.44. The summed E-state index contributed by atoms with van der Waals surface area (Å²) in [4.78, 5) is 11.2. The monoisotopic (exact) mass is 220 g/mol. The molecule has 0 radical (unpaired) electrons. The zero-order chi connectivity index (χ0) is 10.8. The van der Waals surface area contributed by atoms with Crippen molar-refractivity contribution in [3.63, 3.8) is 0 Å². The van der Waals surface area contributed by atoms with Crippen LogP contribution in [0.5, 0.6) is 0 Å². The highest BCUT2D eigenvalue weighted by atomic mass is 35.5. The molecule has 0 bridgehead atoms. The van der Waals surface area contributed by atoms with Gasteiger partial charge in [0.25, 0.3) is 0 Å². The van der Waals surface area contributed by atoms with Crippen LogP contribution in [-0.2, 0) is 9.53 Å². The van der Waals surface area contributed by atoms with Gasteiger partial charge in [-0.2, -0.15) is 0 Å². The van der Waals surface area contributed by atoms with Gasteiger partial charge in [-0.3, -0.25) is 4.79 Å². The molecule has 0 amide bonds. The minimum atomic E-state index is -0.453. The van der Waals surface area contributed by atoms with Crippen molar-refractivity contribution >= 4 is 17.6 Å². The number of ether oxygens (including phenoxy) is 1. The highest BCUT2D eigenvalue weighted by molar-refractivity contribution is 6.29. The van der Waals surface area contributed by atoms with Crippen molar-refractivity contribution in [2.75, 3.05) is 6.61 Å². The molecule has 0 rings (SSSR count). The third kappa shape index (κ3) is 7.19. The van der Waals surface area contributed by atoms with Crippen LogP contribution in [0.15, 0.2) is 0 Å². The first-order chi connectivity index (χ1) is 6.72. The van der Waals surface area contributed by atoms with Crippen LogP contribution >= 0.6 is 11.6 Å². The van der Waals surface area contributed by atoms with E-state index in [0.717, 1.165) is 19.3 Å². The second-order valence-corrected chi connectivity index (χ2v) is 4.01. The van der Waals surface area contributed by atoms with Gasteiger partial charge in [-0.15, -0.1) is 11.6 Å². The van der Waals surface area contributed by atoms with E-state index < -0.39 is 5.38 Å². The average Bonchev–Trinajstić information content (AvgIpc) is 2.17. The Kier molecular flexibility index (Phi) is 9.16. The molecule has 0 aliphatic rings. The normalized spacial score (nSPS) is 12.5. The van der Waals surface area contributed by atoms with E-state index in [1.54, 1.807) is 0 Å². The van der Waals surface area contributed by atoms with Crippen molar-refractivity contribution in [3.8, 4) is 0 Å². The molecule has 1 atom stereocenters. The fourth-order valence-corrected chi connectivity index (χ4v) is 1.44. The van der Waals surface area contributed by atoms with E-state index in [-0.39, 0.29) is 5.97 Å². The number of carbonyl (C=O) groups is 1. The molecule has 0 spiro atoms. The Morgan fingerprint density at radius 2 is 1.93 bits per heavy atom. The Hall–Kier alpha value is -0.240. The van der Waals surface area contributed by atoms with Crippen LogP contribution in [-0.4, -0.2) is 18.0 Å². The minimum Gasteiger partial charge on any atom is -0.465 e. The number of unbranched alkanes of at least 4 members (excludes halogenated alkanes) is 3. The number of esters is 1. The van der Waals surface area contributed by atoms with E-state index in [4.69, 9.17) is 16.3 Å². The standard InChI is InChI=1S/C11H21ClO2/c1-3-5-6-7-9-14-11(13)10(12)8-4-2/h10H,3-9H2,1-2H3. The van der Waals surface area contributed by atoms with Gasteiger partial charge in [0.1, 0.15) is 5.38 Å². The van der Waals surface area contributed by atoms with Crippen molar-refractivity contribution in [2.45, 2.75) is 57.7 Å². The lowest BCUT2D eigenvalue weighted by molar-refractivity contribution is -0.143. The van der Waals surface area contributed by atoms with E-state index in [1.807, 2.05) is 6.92 Å². The van der Waals surface area contributed by atoms with Crippen LogP contribution in [0.2, 0.25) is 0 Å². The van der Waals surface area contributed by atoms with Gasteiger partial charge in [-0.1, -0.05) is 39.5 Å². The molecular weight excluding hydrogens is 200 g/mol. The van der Waals surface area contributed by atoms with Crippen molar-refractivity contribution in [1.29, 1.82) is 0 Å². The fourth-order valence-electron chi connectivity index (χ4n) is 1.16. The summed E-state index contributed by atoms with van der Waals surface area (Å²) in [5, 5.41) is -0.453. The average molecular weight is 221 g/mol. The van der Waals surface area contributed by atoms with Gasteiger partial charge in [0.2, 0.25) is 0 Å². The minimum absolute atomic E-state index is 0.259. The number of hydrogen-bond acceptors (Lipinski definition) is 2. The van der Waals surface area contributed by atoms with E-state index in [9.17, 15) is 4.79 Å². The molecule has 0 aromatic heterocycles. The summed E-state index contributed by atoms with van der Waals surface area (Å²) in [7, 11) is 0. The lowest BCUT2D eigenvalue weighted by Crippen LogP contribution is -2.18. The molecule has 0 saturated carbocycles. The Bertz CT molecular complexity index is 148.